The van der Waals surface area contributed by atoms with Gasteiger partial charge >= 0.3 is 0 Å². The van der Waals surface area contributed by atoms with Crippen molar-refractivity contribution in [3.8, 4) is 6.07 Å². The van der Waals surface area contributed by atoms with Gasteiger partial charge in [-0.3, -0.25) is 4.79 Å². The summed E-state index contributed by atoms with van der Waals surface area (Å²) in [4.78, 5) is 17.4. The molecule has 2 unspecified atom stereocenters. The largest absolute Gasteiger partial charge is 0.371 e. The molecule has 4 aliphatic rings. The number of allylic oxidation sites excluding steroid dienone is 3. The molecule has 5 nitrogen and oxygen atoms in total. The lowest BCUT2D eigenvalue weighted by atomic mass is 9.46. The maximum atomic E-state index is 12.7. The molecule has 1 aromatic carbocycles. The molecule has 0 radical (unpaired) electrons. The summed E-state index contributed by atoms with van der Waals surface area (Å²) in [5, 5.41) is 11.0. The number of anilines is 1. The van der Waals surface area contributed by atoms with Gasteiger partial charge in [-0.2, -0.15) is 5.26 Å². The molecule has 200 valence electrons. The fraction of sp³-hybridized carbons (Fsp3) is 0.515. The Labute approximate surface area is 228 Å². The number of amides is 1. The van der Waals surface area contributed by atoms with Gasteiger partial charge in [0.2, 0.25) is 5.91 Å². The van der Waals surface area contributed by atoms with E-state index in [1.807, 2.05) is 21.0 Å². The smallest absolute Gasteiger partial charge is 0.249 e. The molecule has 1 aromatic rings. The normalized spacial score (nSPS) is 31.2. The highest BCUT2D eigenvalue weighted by molar-refractivity contribution is 5.99. The quantitative estimate of drug-likeness (QED) is 0.565. The van der Waals surface area contributed by atoms with Crippen molar-refractivity contribution < 1.29 is 4.79 Å². The minimum absolute atomic E-state index is 0.0464. The van der Waals surface area contributed by atoms with E-state index in [0.29, 0.717) is 11.1 Å². The summed E-state index contributed by atoms with van der Waals surface area (Å²) < 4.78 is 0. The highest BCUT2D eigenvalue weighted by Crippen LogP contribution is 2.65. The van der Waals surface area contributed by atoms with Gasteiger partial charge in [0.1, 0.15) is 5.41 Å². The molecule has 5 heteroatoms. The first kappa shape index (κ1) is 26.5. The Morgan fingerprint density at radius 3 is 2.39 bits per heavy atom. The molecule has 4 atom stereocenters. The van der Waals surface area contributed by atoms with Crippen LogP contribution in [0.15, 0.2) is 53.2 Å². The van der Waals surface area contributed by atoms with Crippen molar-refractivity contribution in [2.45, 2.75) is 65.8 Å². The van der Waals surface area contributed by atoms with Gasteiger partial charge in [0, 0.05) is 36.3 Å². The summed E-state index contributed by atoms with van der Waals surface area (Å²) in [6, 6.07) is 7.25. The average molecular weight is 511 g/mol. The number of rotatable bonds is 3. The van der Waals surface area contributed by atoms with Crippen LogP contribution < -0.4 is 10.6 Å². The van der Waals surface area contributed by atoms with Crippen molar-refractivity contribution in [1.82, 2.24) is 4.90 Å². The SMILES string of the molecule is C=C1C2=C(C)[C@]3(C#N)C(=C)C(C(N)=O)=C(C)C(N(C)C)[C@@H]3CC2(C)Cc2ccc(N3CCCCC3)c(C)c21. The van der Waals surface area contributed by atoms with Gasteiger partial charge in [-0.1, -0.05) is 26.1 Å². The van der Waals surface area contributed by atoms with Crippen LogP contribution in [-0.4, -0.2) is 44.0 Å². The molecule has 0 aromatic heterocycles. The number of hydrogen-bond donors (Lipinski definition) is 1. The standard InChI is InChI=1S/C33H42N4O/c1-19-26(37-14-10-9-11-15-37)13-12-24-16-32(6)17-25-30(36(7)8)21(3)28(31(35)38)22(4)33(25,18-34)23(5)29(32)20(2)27(19)24/h12-13,25,30H,2,4,9-11,14-17H2,1,3,5-8H3,(H2,35,38)/t25-,30?,32?,33-/m0/s1. The molecule has 1 fully saturated rings. The van der Waals surface area contributed by atoms with Crippen LogP contribution in [0.3, 0.4) is 0 Å². The average Bonchev–Trinajstić information content (AvgIpc) is 2.84. The summed E-state index contributed by atoms with van der Waals surface area (Å²) in [5.74, 6) is -0.552. The predicted molar refractivity (Wildman–Crippen MR) is 155 cm³/mol. The second-order valence-corrected chi connectivity index (χ2v) is 12.5. The van der Waals surface area contributed by atoms with Gasteiger partial charge in [-0.25, -0.2) is 0 Å². The number of fused-ring (bicyclic) bond motifs is 3. The van der Waals surface area contributed by atoms with Crippen LogP contribution in [0, 0.1) is 35.0 Å². The minimum Gasteiger partial charge on any atom is -0.371 e. The fourth-order valence-electron chi connectivity index (χ4n) is 8.77. The molecule has 0 saturated carbocycles. The number of likely N-dealkylation sites (N-methyl/N-ethyl adjacent to an activating group) is 1. The molecule has 5 rings (SSSR count). The van der Waals surface area contributed by atoms with E-state index in [0.717, 1.165) is 42.7 Å². The van der Waals surface area contributed by atoms with E-state index in [1.54, 1.807) is 0 Å². The first-order chi connectivity index (χ1) is 17.9. The van der Waals surface area contributed by atoms with Crippen LogP contribution in [0.2, 0.25) is 0 Å². The number of carbonyl (C=O) groups is 1. The second-order valence-electron chi connectivity index (χ2n) is 12.5. The van der Waals surface area contributed by atoms with Gasteiger partial charge in [0.15, 0.2) is 0 Å². The van der Waals surface area contributed by atoms with Crippen LogP contribution in [0.1, 0.15) is 63.1 Å². The van der Waals surface area contributed by atoms with Gasteiger partial charge in [0.25, 0.3) is 0 Å². The summed E-state index contributed by atoms with van der Waals surface area (Å²) in [6.45, 7) is 19.9. The molecule has 1 saturated heterocycles. The maximum absolute atomic E-state index is 12.7. The number of nitrogens with zero attached hydrogens (tertiary/aromatic N) is 3. The lowest BCUT2D eigenvalue weighted by molar-refractivity contribution is -0.114. The van der Waals surface area contributed by atoms with Crippen molar-refractivity contribution in [3.63, 3.8) is 0 Å². The maximum Gasteiger partial charge on any atom is 0.249 e. The summed E-state index contributed by atoms with van der Waals surface area (Å²) in [7, 11) is 4.06. The van der Waals surface area contributed by atoms with Crippen molar-refractivity contribution >= 4 is 17.2 Å². The van der Waals surface area contributed by atoms with E-state index >= 15 is 0 Å². The predicted octanol–water partition coefficient (Wildman–Crippen LogP) is 5.71. The zero-order valence-electron chi connectivity index (χ0n) is 24.0. The monoisotopic (exact) mass is 510 g/mol. The zero-order valence-corrected chi connectivity index (χ0v) is 24.0. The minimum atomic E-state index is -1.01. The van der Waals surface area contributed by atoms with Crippen molar-refractivity contribution in [2.24, 2.45) is 22.5 Å². The topological polar surface area (TPSA) is 73.4 Å². The Morgan fingerprint density at radius 1 is 1.16 bits per heavy atom. The summed E-state index contributed by atoms with van der Waals surface area (Å²) in [6.07, 6.45) is 5.48. The van der Waals surface area contributed by atoms with E-state index in [1.165, 1.54) is 47.2 Å². The molecular weight excluding hydrogens is 468 g/mol. The Balaban J connectivity index is 1.74. The molecule has 38 heavy (non-hydrogen) atoms. The van der Waals surface area contributed by atoms with Crippen LogP contribution in [0.25, 0.3) is 5.57 Å². The Kier molecular flexibility index (Phi) is 6.27. The van der Waals surface area contributed by atoms with E-state index in [9.17, 15) is 10.1 Å². The van der Waals surface area contributed by atoms with E-state index in [4.69, 9.17) is 12.3 Å². The highest BCUT2D eigenvalue weighted by atomic mass is 16.1. The first-order valence-corrected chi connectivity index (χ1v) is 14.0. The molecule has 1 amide bonds. The molecule has 2 N–H and O–H groups in total. The Bertz CT molecular complexity index is 1370. The van der Waals surface area contributed by atoms with Crippen LogP contribution in [0.5, 0.6) is 0 Å². The number of nitriles is 1. The van der Waals surface area contributed by atoms with Crippen LogP contribution in [-0.2, 0) is 11.2 Å². The number of piperidine rings is 1. The molecule has 3 aliphatic carbocycles. The molecular formula is C33H42N4O. The van der Waals surface area contributed by atoms with Crippen molar-refractivity contribution in [3.05, 3.63) is 69.8 Å². The van der Waals surface area contributed by atoms with Crippen LogP contribution in [0.4, 0.5) is 5.69 Å². The first-order valence-electron chi connectivity index (χ1n) is 14.0. The van der Waals surface area contributed by atoms with E-state index in [2.05, 4.69) is 55.4 Å². The number of benzene rings is 1. The number of nitrogens with two attached hydrogens (primary N) is 1. The third kappa shape index (κ3) is 3.42. The highest BCUT2D eigenvalue weighted by Gasteiger charge is 2.60. The lowest BCUT2D eigenvalue weighted by Crippen LogP contribution is -2.56. The Hall–Kier alpha value is -3.10. The summed E-state index contributed by atoms with van der Waals surface area (Å²) in [5.41, 5.74) is 15.0. The molecule has 0 spiro atoms. The van der Waals surface area contributed by atoms with Gasteiger partial charge in [-0.15, -0.1) is 0 Å². The van der Waals surface area contributed by atoms with E-state index < -0.39 is 11.3 Å². The zero-order chi connectivity index (χ0) is 27.7. The molecule has 0 bridgehead atoms. The van der Waals surface area contributed by atoms with Gasteiger partial charge < -0.3 is 15.5 Å². The lowest BCUT2D eigenvalue weighted by Gasteiger charge is -2.57. The fourth-order valence-corrected chi connectivity index (χ4v) is 8.77. The Morgan fingerprint density at radius 2 is 1.82 bits per heavy atom. The van der Waals surface area contributed by atoms with Gasteiger partial charge in [0.05, 0.1) is 6.07 Å². The second kappa shape index (κ2) is 8.99. The van der Waals surface area contributed by atoms with Crippen molar-refractivity contribution in [2.75, 3.05) is 32.1 Å². The molecule has 1 heterocycles. The summed E-state index contributed by atoms with van der Waals surface area (Å²) >= 11 is 0. The third-order valence-electron chi connectivity index (χ3n) is 10.2. The third-order valence-corrected chi connectivity index (χ3v) is 10.2. The molecule has 1 aliphatic heterocycles. The number of carbonyl (C=O) groups excluding carboxylic acids is 1. The number of hydrogen-bond acceptors (Lipinski definition) is 4. The van der Waals surface area contributed by atoms with E-state index in [-0.39, 0.29) is 17.4 Å². The van der Waals surface area contributed by atoms with Gasteiger partial charge in [-0.05, 0) is 123 Å². The number of primary amides is 1. The van der Waals surface area contributed by atoms with Crippen molar-refractivity contribution in [1.29, 1.82) is 5.26 Å². The van der Waals surface area contributed by atoms with Crippen LogP contribution >= 0.6 is 0 Å².